The molecule has 1 aliphatic carbocycles. The van der Waals surface area contributed by atoms with E-state index >= 15 is 0 Å². The monoisotopic (exact) mass is 301 g/mol. The summed E-state index contributed by atoms with van der Waals surface area (Å²) >= 11 is 0. The van der Waals surface area contributed by atoms with Crippen LogP contribution in [0, 0.1) is 5.92 Å². The van der Waals surface area contributed by atoms with Crippen molar-refractivity contribution in [2.45, 2.75) is 64.0 Å². The Labute approximate surface area is 133 Å². The highest BCUT2D eigenvalue weighted by Crippen LogP contribution is 2.32. The molecule has 0 spiro atoms. The quantitative estimate of drug-likeness (QED) is 0.880. The summed E-state index contributed by atoms with van der Waals surface area (Å²) in [6.45, 7) is 2.16. The average Bonchev–Trinajstić information content (AvgIpc) is 2.96. The van der Waals surface area contributed by atoms with Crippen LogP contribution in [0.5, 0.6) is 0 Å². The number of hydrogen-bond acceptors (Lipinski definition) is 2. The van der Waals surface area contributed by atoms with Gasteiger partial charge in [0.2, 0.25) is 0 Å². The minimum absolute atomic E-state index is 0.379. The lowest BCUT2D eigenvalue weighted by molar-refractivity contribution is 0.0697. The maximum absolute atomic E-state index is 10.9. The van der Waals surface area contributed by atoms with E-state index in [0.29, 0.717) is 5.56 Å². The van der Waals surface area contributed by atoms with Crippen molar-refractivity contribution in [3.8, 4) is 0 Å². The van der Waals surface area contributed by atoms with Gasteiger partial charge in [0, 0.05) is 12.6 Å². The number of aromatic carboxylic acids is 1. The van der Waals surface area contributed by atoms with Gasteiger partial charge in [0.1, 0.15) is 0 Å². The summed E-state index contributed by atoms with van der Waals surface area (Å²) in [5.41, 5.74) is 1.62. The fourth-order valence-electron chi connectivity index (χ4n) is 4.17. The molecule has 1 aliphatic heterocycles. The van der Waals surface area contributed by atoms with E-state index in [0.717, 1.165) is 18.5 Å². The number of rotatable bonds is 5. The molecule has 120 valence electrons. The zero-order valence-electron chi connectivity index (χ0n) is 13.3. The summed E-state index contributed by atoms with van der Waals surface area (Å²) < 4.78 is 0. The topological polar surface area (TPSA) is 40.5 Å². The molecule has 2 aliphatic rings. The first-order valence-corrected chi connectivity index (χ1v) is 8.78. The molecular formula is C19H27NO2. The summed E-state index contributed by atoms with van der Waals surface area (Å²) in [4.78, 5) is 13.5. The van der Waals surface area contributed by atoms with E-state index in [4.69, 9.17) is 5.11 Å². The van der Waals surface area contributed by atoms with Crippen molar-refractivity contribution in [2.75, 3.05) is 6.54 Å². The second kappa shape index (κ2) is 7.28. The summed E-state index contributed by atoms with van der Waals surface area (Å²) in [5.74, 6) is 0.0941. The lowest BCUT2D eigenvalue weighted by atomic mass is 9.84. The molecule has 0 amide bonds. The molecule has 2 fully saturated rings. The first-order valence-electron chi connectivity index (χ1n) is 8.78. The fraction of sp³-hybridized carbons (Fsp3) is 0.632. The van der Waals surface area contributed by atoms with Crippen LogP contribution in [0.25, 0.3) is 0 Å². The Balaban J connectivity index is 1.57. The molecule has 1 aromatic rings. The molecule has 1 N–H and O–H groups in total. The second-order valence-corrected chi connectivity index (χ2v) is 7.01. The number of likely N-dealkylation sites (tertiary alicyclic amines) is 1. The van der Waals surface area contributed by atoms with E-state index in [1.165, 1.54) is 63.5 Å². The molecule has 3 rings (SSSR count). The van der Waals surface area contributed by atoms with Crippen molar-refractivity contribution >= 4 is 5.97 Å². The van der Waals surface area contributed by atoms with Crippen molar-refractivity contribution in [3.05, 3.63) is 35.4 Å². The number of carboxylic acid groups (broad SMARTS) is 1. The predicted octanol–water partition coefficient (Wildman–Crippen LogP) is 4.32. The van der Waals surface area contributed by atoms with Gasteiger partial charge in [-0.1, -0.05) is 44.2 Å². The van der Waals surface area contributed by atoms with Gasteiger partial charge in [-0.3, -0.25) is 4.90 Å². The Hall–Kier alpha value is -1.35. The Morgan fingerprint density at radius 2 is 1.77 bits per heavy atom. The Morgan fingerprint density at radius 3 is 2.45 bits per heavy atom. The molecule has 1 atom stereocenters. The van der Waals surface area contributed by atoms with Crippen LogP contribution >= 0.6 is 0 Å². The van der Waals surface area contributed by atoms with Crippen LogP contribution in [0.2, 0.25) is 0 Å². The van der Waals surface area contributed by atoms with E-state index in [1.54, 1.807) is 12.1 Å². The molecule has 1 aromatic carbocycles. The molecule has 1 heterocycles. The van der Waals surface area contributed by atoms with Crippen LogP contribution < -0.4 is 0 Å². The molecule has 3 nitrogen and oxygen atoms in total. The fourth-order valence-corrected chi connectivity index (χ4v) is 4.17. The smallest absolute Gasteiger partial charge is 0.335 e. The number of hydrogen-bond donors (Lipinski definition) is 1. The highest BCUT2D eigenvalue weighted by atomic mass is 16.4. The minimum atomic E-state index is -0.845. The predicted molar refractivity (Wildman–Crippen MR) is 88.0 cm³/mol. The molecule has 0 radical (unpaired) electrons. The van der Waals surface area contributed by atoms with Crippen molar-refractivity contribution in [1.29, 1.82) is 0 Å². The minimum Gasteiger partial charge on any atom is -0.478 e. The van der Waals surface area contributed by atoms with Crippen molar-refractivity contribution < 1.29 is 9.90 Å². The highest BCUT2D eigenvalue weighted by molar-refractivity contribution is 5.87. The number of benzene rings is 1. The number of carbonyl (C=O) groups is 1. The SMILES string of the molecule is O=C(O)c1ccc(CN2CCCC2CC2CCCCC2)cc1. The summed E-state index contributed by atoms with van der Waals surface area (Å²) in [7, 11) is 0. The van der Waals surface area contributed by atoms with Gasteiger partial charge in [-0.15, -0.1) is 0 Å². The number of nitrogens with zero attached hydrogens (tertiary/aromatic N) is 1. The number of carboxylic acids is 1. The van der Waals surface area contributed by atoms with Gasteiger partial charge in [-0.25, -0.2) is 4.79 Å². The lowest BCUT2D eigenvalue weighted by Gasteiger charge is -2.30. The third kappa shape index (κ3) is 3.89. The van der Waals surface area contributed by atoms with Crippen molar-refractivity contribution in [2.24, 2.45) is 5.92 Å². The lowest BCUT2D eigenvalue weighted by Crippen LogP contribution is -2.31. The first-order chi connectivity index (χ1) is 10.7. The van der Waals surface area contributed by atoms with E-state index in [2.05, 4.69) is 4.90 Å². The Bertz CT molecular complexity index is 491. The maximum atomic E-state index is 10.9. The second-order valence-electron chi connectivity index (χ2n) is 7.01. The van der Waals surface area contributed by atoms with Crippen LogP contribution in [-0.2, 0) is 6.54 Å². The van der Waals surface area contributed by atoms with Gasteiger partial charge >= 0.3 is 5.97 Å². The zero-order valence-corrected chi connectivity index (χ0v) is 13.3. The zero-order chi connectivity index (χ0) is 15.4. The van der Waals surface area contributed by atoms with Gasteiger partial charge in [-0.2, -0.15) is 0 Å². The van der Waals surface area contributed by atoms with Crippen LogP contribution in [0.3, 0.4) is 0 Å². The van der Waals surface area contributed by atoms with Crippen molar-refractivity contribution in [1.82, 2.24) is 4.90 Å². The maximum Gasteiger partial charge on any atom is 0.335 e. The van der Waals surface area contributed by atoms with Gasteiger partial charge < -0.3 is 5.11 Å². The Kier molecular flexibility index (Phi) is 5.14. The largest absolute Gasteiger partial charge is 0.478 e. The van der Waals surface area contributed by atoms with Gasteiger partial charge in [-0.05, 0) is 49.4 Å². The van der Waals surface area contributed by atoms with Crippen LogP contribution in [0.1, 0.15) is 67.3 Å². The van der Waals surface area contributed by atoms with E-state index < -0.39 is 5.97 Å². The molecule has 22 heavy (non-hydrogen) atoms. The third-order valence-corrected chi connectivity index (χ3v) is 5.42. The third-order valence-electron chi connectivity index (χ3n) is 5.42. The van der Waals surface area contributed by atoms with Gasteiger partial charge in [0.25, 0.3) is 0 Å². The molecule has 0 bridgehead atoms. The molecule has 3 heteroatoms. The van der Waals surface area contributed by atoms with E-state index in [9.17, 15) is 4.79 Å². The first kappa shape index (κ1) is 15.5. The Morgan fingerprint density at radius 1 is 1.05 bits per heavy atom. The molecule has 0 aromatic heterocycles. The average molecular weight is 301 g/mol. The van der Waals surface area contributed by atoms with Crippen molar-refractivity contribution in [3.63, 3.8) is 0 Å². The molecular weight excluding hydrogens is 274 g/mol. The normalized spacial score (nSPS) is 23.7. The molecule has 1 saturated heterocycles. The van der Waals surface area contributed by atoms with Gasteiger partial charge in [0.15, 0.2) is 0 Å². The molecule has 1 unspecified atom stereocenters. The summed E-state index contributed by atoms with van der Waals surface area (Å²) in [5, 5.41) is 8.97. The highest BCUT2D eigenvalue weighted by Gasteiger charge is 2.27. The summed E-state index contributed by atoms with van der Waals surface area (Å²) in [6.07, 6.45) is 11.2. The van der Waals surface area contributed by atoms with Crippen LogP contribution in [0.4, 0.5) is 0 Å². The van der Waals surface area contributed by atoms with Crippen LogP contribution in [0.15, 0.2) is 24.3 Å². The van der Waals surface area contributed by atoms with E-state index in [-0.39, 0.29) is 0 Å². The molecule has 1 saturated carbocycles. The van der Waals surface area contributed by atoms with Crippen LogP contribution in [-0.4, -0.2) is 28.6 Å². The summed E-state index contributed by atoms with van der Waals surface area (Å²) in [6, 6.07) is 8.13. The standard InChI is InChI=1S/C19H27NO2/c21-19(22)17-10-8-16(9-11-17)14-20-12-4-7-18(20)13-15-5-2-1-3-6-15/h8-11,15,18H,1-7,12-14H2,(H,21,22). The van der Waals surface area contributed by atoms with E-state index in [1.807, 2.05) is 12.1 Å². The van der Waals surface area contributed by atoms with Gasteiger partial charge in [0.05, 0.1) is 5.56 Å².